The van der Waals surface area contributed by atoms with Gasteiger partial charge < -0.3 is 62.7 Å². The summed E-state index contributed by atoms with van der Waals surface area (Å²) in [5.74, 6) is 0.912. The molecule has 0 aliphatic carbocycles. The minimum atomic E-state index is -3.45. The lowest BCUT2D eigenvalue weighted by Crippen LogP contribution is -2.52. The van der Waals surface area contributed by atoms with Crippen molar-refractivity contribution in [2.24, 2.45) is 93.6 Å². The van der Waals surface area contributed by atoms with E-state index in [1.54, 1.807) is 0 Å². The fraction of sp³-hybridized carbons (Fsp3) is 0.867. The van der Waals surface area contributed by atoms with Crippen LogP contribution in [-0.2, 0) is 92.8 Å². The van der Waals surface area contributed by atoms with E-state index in [2.05, 4.69) is 367 Å². The van der Waals surface area contributed by atoms with Gasteiger partial charge in [-0.25, -0.2) is 9.97 Å². The van der Waals surface area contributed by atoms with Gasteiger partial charge in [0, 0.05) is 43.1 Å². The van der Waals surface area contributed by atoms with E-state index < -0.39 is 18.5 Å². The number of nitrogens with zero attached hydrogens (tertiary/aromatic N) is 2. The Morgan fingerprint density at radius 1 is 0.262 bits per heavy atom. The molecule has 7 fully saturated rings. The van der Waals surface area contributed by atoms with Crippen molar-refractivity contribution in [2.45, 2.75) is 488 Å². The van der Waals surface area contributed by atoms with Crippen LogP contribution in [0.1, 0.15) is 416 Å². The molecule has 2 N–H and O–H groups in total. The lowest BCUT2D eigenvalue weighted by molar-refractivity contribution is -0.357. The van der Waals surface area contributed by atoms with Gasteiger partial charge in [-0.15, -0.1) is 8.78 Å². The topological polar surface area (TPSA) is 204 Å². The molecular formula is C120H220F2N4O15. The van der Waals surface area contributed by atoms with Gasteiger partial charge in [-0.1, -0.05) is 410 Å². The van der Waals surface area contributed by atoms with Crippen LogP contribution in [0.15, 0.2) is 48.5 Å². The van der Waals surface area contributed by atoms with Gasteiger partial charge in [0.2, 0.25) is 11.8 Å². The van der Waals surface area contributed by atoms with E-state index in [1.165, 1.54) is 11.1 Å². The highest BCUT2D eigenvalue weighted by Crippen LogP contribution is 2.50. The number of halogens is 2. The molecule has 0 radical (unpaired) electrons. The Labute approximate surface area is 864 Å². The molecule has 0 bridgehead atoms. The zero-order chi connectivity index (χ0) is 110. The van der Waals surface area contributed by atoms with Gasteiger partial charge in [-0.2, -0.15) is 0 Å². The summed E-state index contributed by atoms with van der Waals surface area (Å²) < 4.78 is 99.6. The van der Waals surface area contributed by atoms with Gasteiger partial charge in [0.1, 0.15) is 6.79 Å². The number of rotatable bonds is 0. The zero-order valence-electron chi connectivity index (χ0n) is 101. The maximum Gasteiger partial charge on any atom is 0.486 e. The number of amides is 2. The predicted octanol–water partition coefficient (Wildman–Crippen LogP) is 29.2. The summed E-state index contributed by atoms with van der Waals surface area (Å²) in [4.78, 5) is 34.0. The van der Waals surface area contributed by atoms with Crippen LogP contribution < -0.4 is 10.6 Å². The van der Waals surface area contributed by atoms with E-state index in [-0.39, 0.29) is 176 Å². The summed E-state index contributed by atoms with van der Waals surface area (Å²) in [5.41, 5.74) is 7.99. The molecule has 3 aromatic rings. The van der Waals surface area contributed by atoms with Crippen molar-refractivity contribution in [3.8, 4) is 0 Å². The van der Waals surface area contributed by atoms with Gasteiger partial charge in [0.25, 0.3) is 0 Å². The molecule has 21 heteroatoms. The molecule has 2 aromatic carbocycles. The highest BCUT2D eigenvalue weighted by Gasteiger charge is 2.58. The molecule has 14 atom stereocenters. The number of para-hydroxylation sites is 2. The largest absolute Gasteiger partial charge is 0.486 e. The summed E-state index contributed by atoms with van der Waals surface area (Å²) in [7, 11) is 0. The van der Waals surface area contributed by atoms with Crippen LogP contribution in [0.25, 0.3) is 11.0 Å². The van der Waals surface area contributed by atoms with E-state index in [4.69, 9.17) is 71.5 Å². The Hall–Kier alpha value is -3.94. The molecular weight excluding hydrogens is 1780 g/mol. The summed E-state index contributed by atoms with van der Waals surface area (Å²) in [6.45, 7) is 126. The third-order valence-corrected chi connectivity index (χ3v) is 26.2. The molecule has 7 aliphatic rings. The quantitative estimate of drug-likeness (QED) is 0.215. The van der Waals surface area contributed by atoms with Crippen LogP contribution in [0.5, 0.6) is 0 Å². The predicted molar refractivity (Wildman–Crippen MR) is 583 cm³/mol. The second kappa shape index (κ2) is 52.2. The Morgan fingerprint density at radius 2 is 0.511 bits per heavy atom. The molecule has 7 saturated heterocycles. The molecule has 0 saturated carbocycles. The van der Waals surface area contributed by atoms with Crippen molar-refractivity contribution < 1.29 is 79.9 Å². The summed E-state index contributed by atoms with van der Waals surface area (Å²) in [6, 6.07) is 16.9. The minimum Gasteiger partial charge on any atom is -0.377 e. The molecule has 8 heterocycles. The number of hydrogen-bond acceptors (Lipinski definition) is 17. The summed E-state index contributed by atoms with van der Waals surface area (Å²) in [5, 5.41) is 6.00. The fourth-order valence-electron chi connectivity index (χ4n) is 18.9. The summed E-state index contributed by atoms with van der Waals surface area (Å²) >= 11 is 0. The number of carbonyl (C=O) groups is 2. The number of benzene rings is 2. The van der Waals surface area contributed by atoms with Gasteiger partial charge in [-0.05, 0) is 135 Å². The second-order valence-electron chi connectivity index (χ2n) is 59.8. The van der Waals surface area contributed by atoms with Crippen LogP contribution in [0.4, 0.5) is 8.78 Å². The van der Waals surface area contributed by atoms with E-state index >= 15 is 0 Å². The van der Waals surface area contributed by atoms with E-state index in [0.717, 1.165) is 74.7 Å². The minimum absolute atomic E-state index is 0.0135. The standard InChI is InChI=1S/C16H22N2.C16H32O4.C14H27NO.C14H22.C13H25NO2.C13H26O2.C12H24O2.C11H20F2O2.C11H22O2/c1-15(2,3)13-14(16(4,5)6)18-12-10-8-7-9-11(12)17-13;1-15(2,3)13-14(16(4,5)6)20-12-10-18-8-7-17-9-11-19-13;1-13(2,3)10-8-7-9-15-12(16)11(10)14(4,5)6;1-13(2,3)11-9-7-8-10-12(11)14(4,5)6;1-12(2,3)9-10(13(4,5)6)16-8-7-14-11(9)15;1-12(2,3)10-11(13(4,5)6)15-9-7-8-14-10;1-11(2,3)9-10(12(4,5)6)14-8-7-13-9;1-9(2,3)7-8(10(4,5)6)15-11(12,13)14-7;1-10(2,3)8-9(11(4,5)6)13-7-12-8/h7-10H,1-6H3;13-14H,7-12H2,1-6H3;10-11H,7-9H2,1-6H3,(H,15,16);7-10H,1-6H3;9-10H,7-8H2,1-6H3,(H,14,15);10-11H,7-9H2,1-6H3;9-10H,7-8H2,1-6H3;7-8H,1-6H3;8-9H,7H2,1-6H3. The monoisotopic (exact) mass is 2000 g/mol. The van der Waals surface area contributed by atoms with Gasteiger partial charge >= 0.3 is 6.29 Å². The lowest BCUT2D eigenvalue weighted by atomic mass is 9.63. The first-order chi connectivity index (χ1) is 63.0. The van der Waals surface area contributed by atoms with Crippen LogP contribution in [0.3, 0.4) is 0 Å². The Kier molecular flexibility index (Phi) is 49.3. The van der Waals surface area contributed by atoms with Crippen LogP contribution in [0, 0.1) is 93.6 Å². The number of alkyl halides is 2. The third kappa shape index (κ3) is 45.4. The van der Waals surface area contributed by atoms with Crippen molar-refractivity contribution in [1.29, 1.82) is 0 Å². The molecule has 2 amide bonds. The number of carbonyl (C=O) groups excluding carboxylic acids is 2. The number of aromatic nitrogens is 2. The number of ether oxygens (including phenoxy) is 13. The maximum absolute atomic E-state index is 13.1. The average Bonchev–Trinajstić information content (AvgIpc) is 1.30. The lowest BCUT2D eigenvalue weighted by Gasteiger charge is -2.45. The van der Waals surface area contributed by atoms with Crippen LogP contribution in [0.2, 0.25) is 0 Å². The first-order valence-electron chi connectivity index (χ1n) is 53.4. The molecule has 141 heavy (non-hydrogen) atoms. The van der Waals surface area contributed by atoms with Gasteiger partial charge in [0.15, 0.2) is 0 Å². The van der Waals surface area contributed by atoms with Crippen LogP contribution in [-0.4, -0.2) is 188 Å². The Bertz CT molecular complexity index is 3830. The van der Waals surface area contributed by atoms with Crippen molar-refractivity contribution in [1.82, 2.24) is 20.6 Å². The smallest absolute Gasteiger partial charge is 0.377 e. The summed E-state index contributed by atoms with van der Waals surface area (Å²) in [6.07, 6.45) is -0.0713. The Balaban J connectivity index is 0.000000538. The van der Waals surface area contributed by atoms with Crippen molar-refractivity contribution >= 4 is 22.8 Å². The molecule has 0 spiro atoms. The molecule has 824 valence electrons. The fourth-order valence-corrected chi connectivity index (χ4v) is 18.9. The first kappa shape index (κ1) is 133. The maximum atomic E-state index is 13.1. The highest BCUT2D eigenvalue weighted by molar-refractivity contribution is 5.81. The number of hydrogen-bond donors (Lipinski definition) is 2. The second-order valence-corrected chi connectivity index (χ2v) is 59.8. The first-order valence-corrected chi connectivity index (χ1v) is 53.4. The third-order valence-electron chi connectivity index (χ3n) is 26.2. The molecule has 10 rings (SSSR count). The average molecular weight is 2000 g/mol. The Morgan fingerprint density at radius 3 is 0.780 bits per heavy atom. The van der Waals surface area contributed by atoms with Crippen LogP contribution >= 0.6 is 0 Å². The van der Waals surface area contributed by atoms with E-state index in [1.807, 2.05) is 65.8 Å². The molecule has 14 unspecified atom stereocenters. The van der Waals surface area contributed by atoms with Gasteiger partial charge in [-0.3, -0.25) is 19.1 Å². The van der Waals surface area contributed by atoms with E-state index in [9.17, 15) is 18.4 Å². The SMILES string of the molecule is CC(C)(C)C1CCCNC(=O)C1C(C)(C)C.CC(C)(C)C1OC(F)(F)OC1C(C)(C)C.CC(C)(C)C1OCCCOC1C(C)(C)C.CC(C)(C)C1OCCNC(=O)C1C(C)(C)C.CC(C)(C)C1OCCOC1C(C)(C)C.CC(C)(C)C1OCCOCCOCCOC1C(C)(C)C.CC(C)(C)C1OCOC1C(C)(C)C.CC(C)(C)c1ccccc1C(C)(C)C.CC(C)(C)c1nc2ccccc2nc1C(C)(C)C. The molecule has 7 aliphatic heterocycles. The molecule has 1 aromatic heterocycles. The van der Waals surface area contributed by atoms with Crippen molar-refractivity contribution in [3.63, 3.8) is 0 Å². The highest BCUT2D eigenvalue weighted by atomic mass is 19.3. The van der Waals surface area contributed by atoms with Crippen molar-refractivity contribution in [2.75, 3.05) is 92.6 Å². The normalized spacial score (nSPS) is 25.9. The van der Waals surface area contributed by atoms with E-state index in [0.29, 0.717) is 65.5 Å². The number of nitrogens with one attached hydrogen (secondary N) is 2. The zero-order valence-corrected chi connectivity index (χ0v) is 101. The number of fused-ring (bicyclic) bond motifs is 1. The molecule has 19 nitrogen and oxygen atoms in total. The van der Waals surface area contributed by atoms with Crippen molar-refractivity contribution in [3.05, 3.63) is 71.0 Å². The van der Waals surface area contributed by atoms with Gasteiger partial charge in [0.05, 0.1) is 155 Å².